The minimum Gasteiger partial charge on any atom is -0.379 e. The highest BCUT2D eigenvalue weighted by Gasteiger charge is 2.28. The van der Waals surface area contributed by atoms with E-state index >= 15 is 0 Å². The second kappa shape index (κ2) is 9.27. The fraction of sp³-hybridized carbons (Fsp3) is 0.609. The van der Waals surface area contributed by atoms with Crippen LogP contribution in [0.3, 0.4) is 0 Å². The van der Waals surface area contributed by atoms with Crippen LogP contribution in [0, 0.1) is 12.8 Å². The summed E-state index contributed by atoms with van der Waals surface area (Å²) in [6.07, 6.45) is 3.24. The van der Waals surface area contributed by atoms with Gasteiger partial charge in [-0.05, 0) is 51.6 Å². The average molecular weight is 413 g/mol. The van der Waals surface area contributed by atoms with Crippen molar-refractivity contribution >= 4 is 16.7 Å². The van der Waals surface area contributed by atoms with Crippen LogP contribution in [-0.2, 0) is 9.53 Å². The van der Waals surface area contributed by atoms with Gasteiger partial charge in [0.1, 0.15) is 6.04 Å². The first kappa shape index (κ1) is 21.0. The maximum absolute atomic E-state index is 13.1. The quantitative estimate of drug-likeness (QED) is 0.753. The van der Waals surface area contributed by atoms with Crippen molar-refractivity contribution in [3.63, 3.8) is 0 Å². The number of benzene rings is 1. The maximum atomic E-state index is 13.1. The Morgan fingerprint density at radius 3 is 2.50 bits per heavy atom. The van der Waals surface area contributed by atoms with Crippen LogP contribution in [0.1, 0.15) is 37.9 Å². The van der Waals surface area contributed by atoms with Crippen molar-refractivity contribution in [3.8, 4) is 0 Å². The third-order valence-electron chi connectivity index (χ3n) is 6.62. The number of likely N-dealkylation sites (tertiary alicyclic amines) is 1. The number of aromatic nitrogens is 2. The van der Waals surface area contributed by atoms with Crippen molar-refractivity contribution in [2.24, 2.45) is 5.92 Å². The standard InChI is InChI=1S/C23H32N4O3/c1-17-20-5-3-4-6-21(20)23(29)27(24-17)18(2)22(28)26-11-8-19(9-12-26)7-10-25-13-15-30-16-14-25/h3-6,18-19H,7-16H2,1-2H3/t18-/m0/s1. The van der Waals surface area contributed by atoms with Crippen LogP contribution in [0.5, 0.6) is 0 Å². The number of hydrogen-bond donors (Lipinski definition) is 0. The molecule has 7 heteroatoms. The highest BCUT2D eigenvalue weighted by Crippen LogP contribution is 2.23. The molecule has 2 aliphatic rings. The van der Waals surface area contributed by atoms with Crippen LogP contribution in [-0.4, -0.2) is 71.4 Å². The van der Waals surface area contributed by atoms with Crippen LogP contribution in [0.2, 0.25) is 0 Å². The summed E-state index contributed by atoms with van der Waals surface area (Å²) in [5.41, 5.74) is 0.573. The summed E-state index contributed by atoms with van der Waals surface area (Å²) in [5, 5.41) is 5.92. The molecule has 0 unspecified atom stereocenters. The van der Waals surface area contributed by atoms with Crippen LogP contribution < -0.4 is 5.56 Å². The lowest BCUT2D eigenvalue weighted by atomic mass is 9.93. The van der Waals surface area contributed by atoms with Crippen molar-refractivity contribution < 1.29 is 9.53 Å². The van der Waals surface area contributed by atoms with Crippen molar-refractivity contribution in [1.29, 1.82) is 0 Å². The molecule has 2 fully saturated rings. The largest absolute Gasteiger partial charge is 0.379 e. The van der Waals surface area contributed by atoms with E-state index in [1.807, 2.05) is 30.0 Å². The predicted molar refractivity (Wildman–Crippen MR) is 117 cm³/mol. The zero-order chi connectivity index (χ0) is 21.1. The molecule has 0 bridgehead atoms. The van der Waals surface area contributed by atoms with E-state index in [2.05, 4.69) is 10.00 Å². The normalized spacial score (nSPS) is 19.9. The van der Waals surface area contributed by atoms with Gasteiger partial charge in [-0.1, -0.05) is 18.2 Å². The van der Waals surface area contributed by atoms with Crippen LogP contribution in [0.25, 0.3) is 10.8 Å². The molecule has 0 spiro atoms. The molecule has 4 rings (SSSR count). The van der Waals surface area contributed by atoms with Gasteiger partial charge in [0.05, 0.1) is 24.3 Å². The van der Waals surface area contributed by atoms with Crippen molar-refractivity contribution in [3.05, 3.63) is 40.3 Å². The number of hydrogen-bond acceptors (Lipinski definition) is 5. The molecule has 2 saturated heterocycles. The number of carbonyl (C=O) groups excluding carboxylic acids is 1. The molecule has 0 saturated carbocycles. The number of carbonyl (C=O) groups is 1. The molecule has 2 aliphatic heterocycles. The SMILES string of the molecule is Cc1nn([C@@H](C)C(=O)N2CCC(CCN3CCOCC3)CC2)c(=O)c2ccccc12. The zero-order valence-corrected chi connectivity index (χ0v) is 18.0. The number of rotatable bonds is 5. The minimum absolute atomic E-state index is 0.00842. The number of aryl methyl sites for hydroxylation is 1. The third-order valence-corrected chi connectivity index (χ3v) is 6.62. The molecule has 1 atom stereocenters. The first-order valence-corrected chi connectivity index (χ1v) is 11.1. The van der Waals surface area contributed by atoms with Gasteiger partial charge in [0.15, 0.2) is 0 Å². The van der Waals surface area contributed by atoms with E-state index in [1.54, 1.807) is 13.0 Å². The molecule has 2 aromatic rings. The summed E-state index contributed by atoms with van der Waals surface area (Å²) in [6, 6.07) is 6.86. The van der Waals surface area contributed by atoms with E-state index in [-0.39, 0.29) is 11.5 Å². The Kier molecular flexibility index (Phi) is 6.49. The Hall–Kier alpha value is -2.25. The Labute approximate surface area is 177 Å². The Morgan fingerprint density at radius 2 is 1.80 bits per heavy atom. The molecule has 0 radical (unpaired) electrons. The molecule has 7 nitrogen and oxygen atoms in total. The molecule has 1 amide bonds. The molecule has 162 valence electrons. The number of nitrogens with zero attached hydrogens (tertiary/aromatic N) is 4. The lowest BCUT2D eigenvalue weighted by Crippen LogP contribution is -2.44. The van der Waals surface area contributed by atoms with Gasteiger partial charge in [-0.3, -0.25) is 14.5 Å². The number of ether oxygens (including phenoxy) is 1. The first-order chi connectivity index (χ1) is 14.5. The first-order valence-electron chi connectivity index (χ1n) is 11.1. The van der Waals surface area contributed by atoms with Gasteiger partial charge in [0.2, 0.25) is 5.91 Å². The van der Waals surface area contributed by atoms with Gasteiger partial charge in [-0.15, -0.1) is 0 Å². The smallest absolute Gasteiger partial charge is 0.275 e. The average Bonchev–Trinajstić information content (AvgIpc) is 2.80. The third kappa shape index (κ3) is 4.42. The van der Waals surface area contributed by atoms with Gasteiger partial charge in [-0.25, -0.2) is 4.68 Å². The van der Waals surface area contributed by atoms with Gasteiger partial charge < -0.3 is 9.64 Å². The lowest BCUT2D eigenvalue weighted by molar-refractivity contribution is -0.136. The fourth-order valence-corrected chi connectivity index (χ4v) is 4.63. The predicted octanol–water partition coefficient (Wildman–Crippen LogP) is 2.23. The number of morpholine rings is 1. The summed E-state index contributed by atoms with van der Waals surface area (Å²) in [6.45, 7) is 10.1. The molecule has 1 aromatic heterocycles. The summed E-state index contributed by atoms with van der Waals surface area (Å²) in [4.78, 5) is 30.4. The molecule has 1 aromatic carbocycles. The summed E-state index contributed by atoms with van der Waals surface area (Å²) in [7, 11) is 0. The van der Waals surface area contributed by atoms with E-state index in [0.29, 0.717) is 11.3 Å². The van der Waals surface area contributed by atoms with E-state index in [1.165, 1.54) is 11.1 Å². The van der Waals surface area contributed by atoms with Crippen LogP contribution in [0.4, 0.5) is 0 Å². The van der Waals surface area contributed by atoms with Crippen LogP contribution >= 0.6 is 0 Å². The highest BCUT2D eigenvalue weighted by atomic mass is 16.5. The number of amides is 1. The van der Waals surface area contributed by atoms with Crippen LogP contribution in [0.15, 0.2) is 29.1 Å². The summed E-state index contributed by atoms with van der Waals surface area (Å²) < 4.78 is 6.78. The van der Waals surface area contributed by atoms with Crippen molar-refractivity contribution in [2.45, 2.75) is 39.2 Å². The van der Waals surface area contributed by atoms with Crippen molar-refractivity contribution in [2.75, 3.05) is 45.9 Å². The second-order valence-electron chi connectivity index (χ2n) is 8.57. The molecular formula is C23H32N4O3. The molecule has 30 heavy (non-hydrogen) atoms. The molecule has 3 heterocycles. The summed E-state index contributed by atoms with van der Waals surface area (Å²) >= 11 is 0. The lowest BCUT2D eigenvalue weighted by Gasteiger charge is -2.35. The minimum atomic E-state index is -0.592. The van der Waals surface area contributed by atoms with E-state index < -0.39 is 6.04 Å². The Balaban J connectivity index is 1.37. The van der Waals surface area contributed by atoms with Gasteiger partial charge in [0, 0.05) is 31.6 Å². The van der Waals surface area contributed by atoms with Gasteiger partial charge >= 0.3 is 0 Å². The van der Waals surface area contributed by atoms with Gasteiger partial charge in [-0.2, -0.15) is 5.10 Å². The molecule has 0 aliphatic carbocycles. The summed E-state index contributed by atoms with van der Waals surface area (Å²) in [5.74, 6) is 0.655. The van der Waals surface area contributed by atoms with E-state index in [9.17, 15) is 9.59 Å². The number of fused-ring (bicyclic) bond motifs is 1. The maximum Gasteiger partial charge on any atom is 0.275 e. The highest BCUT2D eigenvalue weighted by molar-refractivity contribution is 5.84. The van der Waals surface area contributed by atoms with E-state index in [0.717, 1.165) is 69.9 Å². The van der Waals surface area contributed by atoms with Crippen molar-refractivity contribution in [1.82, 2.24) is 19.6 Å². The van der Waals surface area contributed by atoms with E-state index in [4.69, 9.17) is 4.74 Å². The fourth-order valence-electron chi connectivity index (χ4n) is 4.63. The van der Waals surface area contributed by atoms with Gasteiger partial charge in [0.25, 0.3) is 5.56 Å². The Bertz CT molecular complexity index is 943. The monoisotopic (exact) mass is 412 g/mol. The molecule has 0 N–H and O–H groups in total. The molecular weight excluding hydrogens is 380 g/mol. The Morgan fingerprint density at radius 1 is 1.13 bits per heavy atom. The number of piperidine rings is 1. The zero-order valence-electron chi connectivity index (χ0n) is 18.0. The second-order valence-corrected chi connectivity index (χ2v) is 8.57. The topological polar surface area (TPSA) is 67.7 Å².